The van der Waals surface area contributed by atoms with Crippen molar-refractivity contribution in [2.75, 3.05) is 20.1 Å². The van der Waals surface area contributed by atoms with E-state index in [1.54, 1.807) is 11.3 Å². The summed E-state index contributed by atoms with van der Waals surface area (Å²) in [6.07, 6.45) is 4.59. The second-order valence-electron chi connectivity index (χ2n) is 5.26. The molecule has 2 N–H and O–H groups in total. The topological polar surface area (TPSA) is 42.1 Å². The van der Waals surface area contributed by atoms with Crippen LogP contribution in [-0.2, 0) is 6.42 Å². The van der Waals surface area contributed by atoms with Gasteiger partial charge in [0.15, 0.2) is 0 Å². The number of aromatic nitrogens is 1. The molecule has 1 aromatic heterocycles. The molecule has 1 atom stereocenters. The molecule has 17 heavy (non-hydrogen) atoms. The van der Waals surface area contributed by atoms with Gasteiger partial charge in [-0.3, -0.25) is 0 Å². The maximum Gasteiger partial charge on any atom is 0.0928 e. The second kappa shape index (κ2) is 5.94. The summed E-state index contributed by atoms with van der Waals surface area (Å²) in [4.78, 5) is 7.18. The van der Waals surface area contributed by atoms with Crippen LogP contribution < -0.4 is 5.73 Å². The standard InChI is InChI=1S/C13H23N3S/c1-10(14)3-4-13-15-12(9-17-13)11-5-7-16(2)8-6-11/h9-11H,3-8,14H2,1-2H3. The molecule has 1 aliphatic rings. The lowest BCUT2D eigenvalue weighted by atomic mass is 9.94. The van der Waals surface area contributed by atoms with Crippen LogP contribution in [0.15, 0.2) is 5.38 Å². The van der Waals surface area contributed by atoms with Crippen molar-refractivity contribution >= 4 is 11.3 Å². The maximum atomic E-state index is 5.78. The largest absolute Gasteiger partial charge is 0.328 e. The minimum atomic E-state index is 0.283. The third-order valence-corrected chi connectivity index (χ3v) is 4.45. The minimum Gasteiger partial charge on any atom is -0.328 e. The van der Waals surface area contributed by atoms with Gasteiger partial charge in [-0.25, -0.2) is 4.98 Å². The summed E-state index contributed by atoms with van der Waals surface area (Å²) in [6, 6.07) is 0.283. The van der Waals surface area contributed by atoms with Gasteiger partial charge in [0.25, 0.3) is 0 Å². The van der Waals surface area contributed by atoms with Crippen molar-refractivity contribution in [3.8, 4) is 0 Å². The predicted molar refractivity (Wildman–Crippen MR) is 73.6 cm³/mol. The Bertz CT molecular complexity index is 340. The van der Waals surface area contributed by atoms with Crippen LogP contribution >= 0.6 is 11.3 Å². The van der Waals surface area contributed by atoms with E-state index >= 15 is 0 Å². The summed E-state index contributed by atoms with van der Waals surface area (Å²) < 4.78 is 0. The first kappa shape index (κ1) is 13.0. The number of aryl methyl sites for hydroxylation is 1. The van der Waals surface area contributed by atoms with Crippen molar-refractivity contribution in [3.05, 3.63) is 16.1 Å². The van der Waals surface area contributed by atoms with Crippen LogP contribution in [0.2, 0.25) is 0 Å². The van der Waals surface area contributed by atoms with Crippen molar-refractivity contribution in [1.29, 1.82) is 0 Å². The van der Waals surface area contributed by atoms with E-state index in [1.807, 2.05) is 0 Å². The maximum absolute atomic E-state index is 5.78. The minimum absolute atomic E-state index is 0.283. The number of nitrogens with zero attached hydrogens (tertiary/aromatic N) is 2. The molecule has 0 aliphatic carbocycles. The van der Waals surface area contributed by atoms with E-state index < -0.39 is 0 Å². The van der Waals surface area contributed by atoms with Crippen LogP contribution in [0.4, 0.5) is 0 Å². The molecule has 1 fully saturated rings. The van der Waals surface area contributed by atoms with Crippen molar-refractivity contribution < 1.29 is 0 Å². The SMILES string of the molecule is CC(N)CCc1nc(C2CCN(C)CC2)cs1. The molecule has 96 valence electrons. The van der Waals surface area contributed by atoms with E-state index in [-0.39, 0.29) is 6.04 Å². The Labute approximate surface area is 108 Å². The van der Waals surface area contributed by atoms with Crippen LogP contribution in [0.25, 0.3) is 0 Å². The fourth-order valence-electron chi connectivity index (χ4n) is 2.28. The van der Waals surface area contributed by atoms with Gasteiger partial charge in [-0.15, -0.1) is 11.3 Å². The van der Waals surface area contributed by atoms with Crippen LogP contribution in [0.5, 0.6) is 0 Å². The molecule has 0 radical (unpaired) electrons. The highest BCUT2D eigenvalue weighted by atomic mass is 32.1. The molecular formula is C13H23N3S. The Morgan fingerprint density at radius 3 is 2.88 bits per heavy atom. The van der Waals surface area contributed by atoms with Gasteiger partial charge < -0.3 is 10.6 Å². The highest BCUT2D eigenvalue weighted by Crippen LogP contribution is 2.28. The first-order chi connectivity index (χ1) is 8.15. The molecule has 0 saturated carbocycles. The zero-order valence-corrected chi connectivity index (χ0v) is 11.7. The fraction of sp³-hybridized carbons (Fsp3) is 0.769. The average Bonchev–Trinajstić information content (AvgIpc) is 2.76. The van der Waals surface area contributed by atoms with Gasteiger partial charge in [0.2, 0.25) is 0 Å². The van der Waals surface area contributed by atoms with Gasteiger partial charge in [-0.2, -0.15) is 0 Å². The Hall–Kier alpha value is -0.450. The number of piperidine rings is 1. The molecule has 2 rings (SSSR count). The van der Waals surface area contributed by atoms with Crippen molar-refractivity contribution in [1.82, 2.24) is 9.88 Å². The molecule has 2 heterocycles. The number of likely N-dealkylation sites (tertiary alicyclic amines) is 1. The van der Waals surface area contributed by atoms with Crippen LogP contribution in [-0.4, -0.2) is 36.1 Å². The van der Waals surface area contributed by atoms with Crippen LogP contribution in [0.1, 0.15) is 42.8 Å². The molecule has 1 aliphatic heterocycles. The summed E-state index contributed by atoms with van der Waals surface area (Å²) >= 11 is 1.81. The normalized spacial score (nSPS) is 20.6. The number of nitrogens with two attached hydrogens (primary N) is 1. The van der Waals surface area contributed by atoms with Gasteiger partial charge in [0.05, 0.1) is 10.7 Å². The molecule has 0 amide bonds. The quantitative estimate of drug-likeness (QED) is 0.895. The van der Waals surface area contributed by atoms with Gasteiger partial charge in [0.1, 0.15) is 0 Å². The number of hydrogen-bond acceptors (Lipinski definition) is 4. The summed E-state index contributed by atoms with van der Waals surface area (Å²) in [5.74, 6) is 0.687. The summed E-state index contributed by atoms with van der Waals surface area (Å²) in [5, 5.41) is 3.52. The lowest BCUT2D eigenvalue weighted by Crippen LogP contribution is -2.29. The third kappa shape index (κ3) is 3.76. The van der Waals surface area contributed by atoms with Crippen molar-refractivity contribution in [2.45, 2.75) is 44.6 Å². The number of hydrogen-bond donors (Lipinski definition) is 1. The molecule has 1 saturated heterocycles. The van der Waals surface area contributed by atoms with Crippen molar-refractivity contribution in [2.24, 2.45) is 5.73 Å². The average molecular weight is 253 g/mol. The van der Waals surface area contributed by atoms with Gasteiger partial charge >= 0.3 is 0 Å². The molecule has 1 aromatic rings. The first-order valence-electron chi connectivity index (χ1n) is 6.53. The van der Waals surface area contributed by atoms with Crippen LogP contribution in [0.3, 0.4) is 0 Å². The lowest BCUT2D eigenvalue weighted by Gasteiger charge is -2.27. The molecular weight excluding hydrogens is 230 g/mol. The predicted octanol–water partition coefficient (Wildman–Crippen LogP) is 2.23. The Kier molecular flexibility index (Phi) is 4.54. The summed E-state index contributed by atoms with van der Waals surface area (Å²) in [7, 11) is 2.20. The van der Waals surface area contributed by atoms with E-state index in [9.17, 15) is 0 Å². The van der Waals surface area contributed by atoms with E-state index in [4.69, 9.17) is 10.7 Å². The van der Waals surface area contributed by atoms with E-state index in [2.05, 4.69) is 24.3 Å². The molecule has 0 spiro atoms. The smallest absolute Gasteiger partial charge is 0.0928 e. The molecule has 0 bridgehead atoms. The first-order valence-corrected chi connectivity index (χ1v) is 7.41. The Morgan fingerprint density at radius 1 is 1.53 bits per heavy atom. The van der Waals surface area contributed by atoms with Crippen molar-refractivity contribution in [3.63, 3.8) is 0 Å². The Morgan fingerprint density at radius 2 is 2.24 bits per heavy atom. The zero-order chi connectivity index (χ0) is 12.3. The van der Waals surface area contributed by atoms with Crippen LogP contribution in [0, 0.1) is 0 Å². The monoisotopic (exact) mass is 253 g/mol. The van der Waals surface area contributed by atoms with Gasteiger partial charge in [-0.1, -0.05) is 0 Å². The van der Waals surface area contributed by atoms with E-state index in [1.165, 1.54) is 36.6 Å². The van der Waals surface area contributed by atoms with Gasteiger partial charge in [0, 0.05) is 23.8 Å². The third-order valence-electron chi connectivity index (χ3n) is 3.52. The molecule has 4 heteroatoms. The number of thiazole rings is 1. The summed E-state index contributed by atoms with van der Waals surface area (Å²) in [5.41, 5.74) is 7.10. The van der Waals surface area contributed by atoms with E-state index in [0.717, 1.165) is 12.8 Å². The molecule has 1 unspecified atom stereocenters. The zero-order valence-electron chi connectivity index (χ0n) is 10.9. The second-order valence-corrected chi connectivity index (χ2v) is 6.20. The highest BCUT2D eigenvalue weighted by molar-refractivity contribution is 7.09. The van der Waals surface area contributed by atoms with Gasteiger partial charge in [-0.05, 0) is 46.3 Å². The highest BCUT2D eigenvalue weighted by Gasteiger charge is 2.20. The fourth-order valence-corrected chi connectivity index (χ4v) is 3.18. The Balaban J connectivity index is 1.89. The number of rotatable bonds is 4. The summed E-state index contributed by atoms with van der Waals surface area (Å²) in [6.45, 7) is 4.47. The molecule has 3 nitrogen and oxygen atoms in total. The molecule has 0 aromatic carbocycles. The van der Waals surface area contributed by atoms with E-state index in [0.29, 0.717) is 5.92 Å². The lowest BCUT2D eigenvalue weighted by molar-refractivity contribution is 0.253.